The molecule has 3 rings (SSSR count). The Labute approximate surface area is 212 Å². The van der Waals surface area contributed by atoms with E-state index >= 15 is 0 Å². The second kappa shape index (κ2) is 11.0. The lowest BCUT2D eigenvalue weighted by Crippen LogP contribution is -2.36. The summed E-state index contributed by atoms with van der Waals surface area (Å²) in [5.74, 6) is -1.09. The van der Waals surface area contributed by atoms with Crippen LogP contribution in [0.15, 0.2) is 41.3 Å². The Morgan fingerprint density at radius 2 is 1.97 bits per heavy atom. The number of imide groups is 1. The number of ether oxygens (including phenoxy) is 2. The molecule has 2 aromatic carbocycles. The van der Waals surface area contributed by atoms with Crippen molar-refractivity contribution in [3.63, 3.8) is 0 Å². The first-order valence-corrected chi connectivity index (χ1v) is 11.9. The van der Waals surface area contributed by atoms with Crippen LogP contribution in [-0.2, 0) is 14.3 Å². The SMILES string of the molecule is CCOC(=O)c1cc(NC(=O)CN2C(=O)S/C(=C\c3ccc(OC)c(I)c3)C2=O)ccc1Cl. The van der Waals surface area contributed by atoms with Crippen LogP contribution < -0.4 is 10.1 Å². The topological polar surface area (TPSA) is 102 Å². The fourth-order valence-electron chi connectivity index (χ4n) is 2.87. The number of nitrogens with zero attached hydrogens (tertiary/aromatic N) is 1. The number of benzene rings is 2. The van der Waals surface area contributed by atoms with Gasteiger partial charge in [-0.2, -0.15) is 0 Å². The maximum absolute atomic E-state index is 12.7. The number of esters is 1. The van der Waals surface area contributed by atoms with E-state index in [-0.39, 0.29) is 27.8 Å². The van der Waals surface area contributed by atoms with Gasteiger partial charge in [-0.15, -0.1) is 0 Å². The standard InChI is InChI=1S/C22H18ClIN2O6S/c1-3-32-21(29)14-10-13(5-6-15(14)23)25-19(27)11-26-20(28)18(33-22(26)30)9-12-4-7-17(31-2)16(24)8-12/h4-10H,3,11H2,1-2H3,(H,25,27)/b18-9-. The number of hydrogen-bond donors (Lipinski definition) is 1. The molecule has 0 aliphatic carbocycles. The fraction of sp³-hybridized carbons (Fsp3) is 0.182. The largest absolute Gasteiger partial charge is 0.496 e. The van der Waals surface area contributed by atoms with Gasteiger partial charge in [0.15, 0.2) is 0 Å². The number of thioether (sulfide) groups is 1. The molecular weight excluding hydrogens is 583 g/mol. The van der Waals surface area contributed by atoms with Crippen molar-refractivity contribution in [2.45, 2.75) is 6.92 Å². The molecule has 1 aliphatic heterocycles. The molecule has 33 heavy (non-hydrogen) atoms. The number of carbonyl (C=O) groups excluding carboxylic acids is 4. The lowest BCUT2D eigenvalue weighted by Gasteiger charge is -2.13. The molecule has 0 bridgehead atoms. The molecule has 1 aliphatic rings. The van der Waals surface area contributed by atoms with Crippen LogP contribution in [0.25, 0.3) is 6.08 Å². The molecule has 0 spiro atoms. The van der Waals surface area contributed by atoms with E-state index in [1.54, 1.807) is 32.2 Å². The third-order valence-electron chi connectivity index (χ3n) is 4.39. The van der Waals surface area contributed by atoms with Crippen molar-refractivity contribution in [2.75, 3.05) is 25.6 Å². The summed E-state index contributed by atoms with van der Waals surface area (Å²) >= 11 is 8.89. The summed E-state index contributed by atoms with van der Waals surface area (Å²) in [6.07, 6.45) is 1.59. The van der Waals surface area contributed by atoms with Gasteiger partial charge in [0.2, 0.25) is 5.91 Å². The quantitative estimate of drug-likeness (QED) is 0.277. The summed E-state index contributed by atoms with van der Waals surface area (Å²) in [6.45, 7) is 1.37. The van der Waals surface area contributed by atoms with Crippen LogP contribution >= 0.6 is 46.0 Å². The molecule has 0 saturated carbocycles. The van der Waals surface area contributed by atoms with Crippen LogP contribution in [0, 0.1) is 3.57 Å². The van der Waals surface area contributed by atoms with Gasteiger partial charge in [0.25, 0.3) is 11.1 Å². The van der Waals surface area contributed by atoms with Gasteiger partial charge in [0.05, 0.1) is 32.8 Å². The monoisotopic (exact) mass is 600 g/mol. The zero-order chi connectivity index (χ0) is 24.1. The van der Waals surface area contributed by atoms with E-state index in [1.807, 2.05) is 6.07 Å². The second-order valence-corrected chi connectivity index (χ2v) is 9.19. The summed E-state index contributed by atoms with van der Waals surface area (Å²) < 4.78 is 11.0. The first-order chi connectivity index (χ1) is 15.7. The third kappa shape index (κ3) is 6.06. The molecule has 2 aromatic rings. The van der Waals surface area contributed by atoms with Crippen molar-refractivity contribution in [1.29, 1.82) is 0 Å². The zero-order valence-corrected chi connectivity index (χ0v) is 21.2. The van der Waals surface area contributed by atoms with E-state index < -0.39 is 29.6 Å². The molecule has 8 nitrogen and oxygen atoms in total. The fourth-order valence-corrected chi connectivity index (χ4v) is 4.67. The highest BCUT2D eigenvalue weighted by atomic mass is 127. The Morgan fingerprint density at radius 1 is 1.21 bits per heavy atom. The van der Waals surface area contributed by atoms with Crippen molar-refractivity contribution in [1.82, 2.24) is 4.90 Å². The maximum Gasteiger partial charge on any atom is 0.339 e. The summed E-state index contributed by atoms with van der Waals surface area (Å²) in [7, 11) is 1.56. The zero-order valence-electron chi connectivity index (χ0n) is 17.5. The van der Waals surface area contributed by atoms with Crippen molar-refractivity contribution in [3.05, 3.63) is 61.0 Å². The number of nitrogens with one attached hydrogen (secondary N) is 1. The number of hydrogen-bond acceptors (Lipinski definition) is 7. The average Bonchev–Trinajstić information content (AvgIpc) is 3.02. The molecule has 1 N–H and O–H groups in total. The van der Waals surface area contributed by atoms with Gasteiger partial charge in [0.1, 0.15) is 12.3 Å². The molecule has 0 unspecified atom stereocenters. The van der Waals surface area contributed by atoms with Gasteiger partial charge in [-0.1, -0.05) is 17.7 Å². The molecule has 3 amide bonds. The second-order valence-electron chi connectivity index (χ2n) is 6.63. The Hall–Kier alpha value is -2.57. The normalized spacial score (nSPS) is 14.5. The summed E-state index contributed by atoms with van der Waals surface area (Å²) in [4.78, 5) is 50.6. The summed E-state index contributed by atoms with van der Waals surface area (Å²) in [6, 6.07) is 9.68. The van der Waals surface area contributed by atoms with Gasteiger partial charge in [-0.3, -0.25) is 19.3 Å². The smallest absolute Gasteiger partial charge is 0.339 e. The summed E-state index contributed by atoms with van der Waals surface area (Å²) in [5.41, 5.74) is 1.10. The number of halogens is 2. The number of rotatable bonds is 7. The number of amides is 3. The minimum absolute atomic E-state index is 0.0968. The lowest BCUT2D eigenvalue weighted by atomic mass is 10.2. The Kier molecular flexibility index (Phi) is 8.38. The number of anilines is 1. The van der Waals surface area contributed by atoms with Crippen LogP contribution in [0.3, 0.4) is 0 Å². The van der Waals surface area contributed by atoms with Gasteiger partial charge < -0.3 is 14.8 Å². The van der Waals surface area contributed by atoms with Crippen molar-refractivity contribution < 1.29 is 28.7 Å². The van der Waals surface area contributed by atoms with Crippen molar-refractivity contribution in [3.8, 4) is 5.75 Å². The van der Waals surface area contributed by atoms with Crippen LogP contribution in [0.1, 0.15) is 22.8 Å². The van der Waals surface area contributed by atoms with Crippen LogP contribution in [-0.4, -0.2) is 48.2 Å². The Bertz CT molecular complexity index is 1170. The average molecular weight is 601 g/mol. The molecule has 0 aromatic heterocycles. The van der Waals surface area contributed by atoms with Gasteiger partial charge >= 0.3 is 5.97 Å². The minimum Gasteiger partial charge on any atom is -0.496 e. The van der Waals surface area contributed by atoms with Crippen LogP contribution in [0.2, 0.25) is 5.02 Å². The van der Waals surface area contributed by atoms with Gasteiger partial charge in [-0.25, -0.2) is 4.79 Å². The summed E-state index contributed by atoms with van der Waals surface area (Å²) in [5, 5.41) is 2.19. The van der Waals surface area contributed by atoms with Crippen LogP contribution in [0.4, 0.5) is 10.5 Å². The molecule has 11 heteroatoms. The van der Waals surface area contributed by atoms with Gasteiger partial charge in [-0.05, 0) is 83.2 Å². The molecule has 0 radical (unpaired) electrons. The van der Waals surface area contributed by atoms with E-state index in [9.17, 15) is 19.2 Å². The highest BCUT2D eigenvalue weighted by Gasteiger charge is 2.36. The van der Waals surface area contributed by atoms with E-state index in [1.165, 1.54) is 18.2 Å². The van der Waals surface area contributed by atoms with Crippen molar-refractivity contribution in [2.24, 2.45) is 0 Å². The van der Waals surface area contributed by atoms with Gasteiger partial charge in [0, 0.05) is 5.69 Å². The van der Waals surface area contributed by atoms with Crippen molar-refractivity contribution >= 4 is 80.7 Å². The Morgan fingerprint density at radius 3 is 2.64 bits per heavy atom. The van der Waals surface area contributed by atoms with E-state index in [0.717, 1.165) is 25.8 Å². The highest BCUT2D eigenvalue weighted by Crippen LogP contribution is 2.33. The third-order valence-corrected chi connectivity index (χ3v) is 6.47. The van der Waals surface area contributed by atoms with Crippen LogP contribution in [0.5, 0.6) is 5.75 Å². The maximum atomic E-state index is 12.7. The number of methoxy groups -OCH3 is 1. The minimum atomic E-state index is -0.622. The van der Waals surface area contributed by atoms with E-state index in [2.05, 4.69) is 27.9 Å². The molecule has 0 atom stereocenters. The van der Waals surface area contributed by atoms with E-state index in [4.69, 9.17) is 21.1 Å². The first-order valence-electron chi connectivity index (χ1n) is 9.59. The molecule has 1 saturated heterocycles. The van der Waals surface area contributed by atoms with E-state index in [0.29, 0.717) is 5.75 Å². The molecular formula is C22H18ClIN2O6S. The molecule has 172 valence electrons. The highest BCUT2D eigenvalue weighted by molar-refractivity contribution is 14.1. The first kappa shape index (κ1) is 25.1. The molecule has 1 heterocycles. The predicted molar refractivity (Wildman–Crippen MR) is 134 cm³/mol. The molecule has 1 fully saturated rings. The lowest BCUT2D eigenvalue weighted by molar-refractivity contribution is -0.127. The Balaban J connectivity index is 1.70. The number of carbonyl (C=O) groups is 4. The predicted octanol–water partition coefficient (Wildman–Crippen LogP) is 4.80.